The third-order valence-corrected chi connectivity index (χ3v) is 2.99. The minimum Gasteiger partial charge on any atom is -0.357 e. The van der Waals surface area contributed by atoms with Crippen molar-refractivity contribution in [2.24, 2.45) is 0 Å². The van der Waals surface area contributed by atoms with E-state index in [0.29, 0.717) is 6.42 Å². The summed E-state index contributed by atoms with van der Waals surface area (Å²) < 4.78 is 0. The summed E-state index contributed by atoms with van der Waals surface area (Å²) in [6, 6.07) is 4.22. The second-order valence-corrected chi connectivity index (χ2v) is 4.67. The molecule has 0 saturated heterocycles. The maximum atomic E-state index is 11.0. The third kappa shape index (κ3) is 4.86. The van der Waals surface area contributed by atoms with Gasteiger partial charge in [0.2, 0.25) is 0 Å². The van der Waals surface area contributed by atoms with Crippen LogP contribution < -0.4 is 4.90 Å². The SMILES string of the molecule is CCCN(CCCC(C)=O)c1ccc(CC)cn1. The van der Waals surface area contributed by atoms with Gasteiger partial charge in [-0.1, -0.05) is 19.9 Å². The van der Waals surface area contributed by atoms with Gasteiger partial charge in [-0.2, -0.15) is 0 Å². The second-order valence-electron chi connectivity index (χ2n) is 4.67. The molecule has 0 spiro atoms. The zero-order valence-electron chi connectivity index (χ0n) is 11.8. The highest BCUT2D eigenvalue weighted by Gasteiger charge is 2.07. The Hall–Kier alpha value is -1.38. The first kappa shape index (κ1) is 14.7. The first-order valence-electron chi connectivity index (χ1n) is 6.86. The van der Waals surface area contributed by atoms with Gasteiger partial charge in [-0.15, -0.1) is 0 Å². The topological polar surface area (TPSA) is 33.2 Å². The molecule has 0 radical (unpaired) electrons. The van der Waals surface area contributed by atoms with Gasteiger partial charge in [-0.25, -0.2) is 4.98 Å². The second kappa shape index (κ2) is 7.85. The van der Waals surface area contributed by atoms with Gasteiger partial charge < -0.3 is 9.69 Å². The van der Waals surface area contributed by atoms with Gasteiger partial charge in [0.05, 0.1) is 0 Å². The van der Waals surface area contributed by atoms with E-state index in [-0.39, 0.29) is 5.78 Å². The average Bonchev–Trinajstić information content (AvgIpc) is 2.37. The lowest BCUT2D eigenvalue weighted by Crippen LogP contribution is -2.26. The van der Waals surface area contributed by atoms with Crippen molar-refractivity contribution >= 4 is 11.6 Å². The molecule has 1 heterocycles. The van der Waals surface area contributed by atoms with Crippen LogP contribution in [-0.4, -0.2) is 23.9 Å². The Morgan fingerprint density at radius 1 is 1.28 bits per heavy atom. The summed E-state index contributed by atoms with van der Waals surface area (Å²) >= 11 is 0. The zero-order valence-corrected chi connectivity index (χ0v) is 11.8. The number of rotatable bonds is 8. The lowest BCUT2D eigenvalue weighted by molar-refractivity contribution is -0.117. The van der Waals surface area contributed by atoms with Crippen molar-refractivity contribution in [2.45, 2.75) is 46.5 Å². The predicted octanol–water partition coefficient (Wildman–Crippen LogP) is 3.23. The summed E-state index contributed by atoms with van der Waals surface area (Å²) in [5, 5.41) is 0. The number of carbonyl (C=O) groups is 1. The molecule has 3 heteroatoms. The molecule has 0 fully saturated rings. The fourth-order valence-corrected chi connectivity index (χ4v) is 1.94. The zero-order chi connectivity index (χ0) is 13.4. The first-order valence-corrected chi connectivity index (χ1v) is 6.86. The maximum Gasteiger partial charge on any atom is 0.129 e. The lowest BCUT2D eigenvalue weighted by atomic mass is 10.2. The molecule has 3 nitrogen and oxygen atoms in total. The van der Waals surface area contributed by atoms with Crippen LogP contribution in [0.25, 0.3) is 0 Å². The van der Waals surface area contributed by atoms with Crippen molar-refractivity contribution in [3.8, 4) is 0 Å². The van der Waals surface area contributed by atoms with Gasteiger partial charge in [0.15, 0.2) is 0 Å². The Morgan fingerprint density at radius 2 is 2.06 bits per heavy atom. The van der Waals surface area contributed by atoms with E-state index in [1.54, 1.807) is 6.92 Å². The summed E-state index contributed by atoms with van der Waals surface area (Å²) in [5.74, 6) is 1.29. The fraction of sp³-hybridized carbons (Fsp3) is 0.600. The van der Waals surface area contributed by atoms with Gasteiger partial charge in [0, 0.05) is 25.7 Å². The number of Topliss-reactive ketones (excluding diaryl/α,β-unsaturated/α-hetero) is 1. The summed E-state index contributed by atoms with van der Waals surface area (Å²) in [6.45, 7) is 7.85. The number of hydrogen-bond donors (Lipinski definition) is 0. The molecular weight excluding hydrogens is 224 g/mol. The molecule has 0 N–H and O–H groups in total. The number of hydrogen-bond acceptors (Lipinski definition) is 3. The normalized spacial score (nSPS) is 10.4. The molecule has 1 aromatic heterocycles. The summed E-state index contributed by atoms with van der Waals surface area (Å²) in [7, 11) is 0. The van der Waals surface area contributed by atoms with Crippen molar-refractivity contribution in [2.75, 3.05) is 18.0 Å². The molecule has 0 aliphatic heterocycles. The van der Waals surface area contributed by atoms with E-state index in [1.807, 2.05) is 6.20 Å². The highest BCUT2D eigenvalue weighted by Crippen LogP contribution is 2.13. The Kier molecular flexibility index (Phi) is 6.40. The molecule has 0 aliphatic carbocycles. The largest absolute Gasteiger partial charge is 0.357 e. The lowest BCUT2D eigenvalue weighted by Gasteiger charge is -2.23. The molecule has 0 amide bonds. The van der Waals surface area contributed by atoms with E-state index < -0.39 is 0 Å². The number of ketones is 1. The first-order chi connectivity index (χ1) is 8.67. The molecular formula is C15H24N2O. The summed E-state index contributed by atoms with van der Waals surface area (Å²) in [4.78, 5) is 17.7. The molecule has 100 valence electrons. The summed E-state index contributed by atoms with van der Waals surface area (Å²) in [6.07, 6.45) is 5.63. The minimum absolute atomic E-state index is 0.265. The van der Waals surface area contributed by atoms with Crippen LogP contribution in [0.15, 0.2) is 18.3 Å². The number of pyridine rings is 1. The van der Waals surface area contributed by atoms with Crippen molar-refractivity contribution < 1.29 is 4.79 Å². The molecule has 0 bridgehead atoms. The number of anilines is 1. The molecule has 0 saturated carbocycles. The van der Waals surface area contributed by atoms with Gasteiger partial charge in [0.1, 0.15) is 11.6 Å². The number of carbonyl (C=O) groups excluding carboxylic acids is 1. The standard InChI is InChI=1S/C15H24N2O/c1-4-10-17(11-6-7-13(3)18)15-9-8-14(5-2)12-16-15/h8-9,12H,4-7,10-11H2,1-3H3. The molecule has 18 heavy (non-hydrogen) atoms. The quantitative estimate of drug-likeness (QED) is 0.708. The Morgan fingerprint density at radius 3 is 2.56 bits per heavy atom. The molecule has 1 rings (SSSR count). The smallest absolute Gasteiger partial charge is 0.129 e. The minimum atomic E-state index is 0.265. The number of aryl methyl sites for hydroxylation is 1. The van der Waals surface area contributed by atoms with Gasteiger partial charge in [-0.05, 0) is 37.8 Å². The number of nitrogens with zero attached hydrogens (tertiary/aromatic N) is 2. The highest BCUT2D eigenvalue weighted by molar-refractivity contribution is 5.75. The highest BCUT2D eigenvalue weighted by atomic mass is 16.1. The van der Waals surface area contributed by atoms with Crippen molar-refractivity contribution in [1.82, 2.24) is 4.98 Å². The summed E-state index contributed by atoms with van der Waals surface area (Å²) in [5.41, 5.74) is 1.26. The van der Waals surface area contributed by atoms with Gasteiger partial charge >= 0.3 is 0 Å². The van der Waals surface area contributed by atoms with E-state index in [1.165, 1.54) is 5.56 Å². The van der Waals surface area contributed by atoms with Crippen LogP contribution in [0.1, 0.15) is 45.6 Å². The Bertz CT molecular complexity index is 359. The van der Waals surface area contributed by atoms with Crippen LogP contribution in [-0.2, 0) is 11.2 Å². The molecule has 0 atom stereocenters. The maximum absolute atomic E-state index is 11.0. The van der Waals surface area contributed by atoms with Crippen LogP contribution in [0.4, 0.5) is 5.82 Å². The van der Waals surface area contributed by atoms with Crippen LogP contribution >= 0.6 is 0 Å². The van der Waals surface area contributed by atoms with Crippen molar-refractivity contribution in [3.05, 3.63) is 23.9 Å². The Balaban J connectivity index is 2.61. The van der Waals surface area contributed by atoms with Crippen molar-refractivity contribution in [3.63, 3.8) is 0 Å². The number of aromatic nitrogens is 1. The molecule has 1 aromatic rings. The van der Waals surface area contributed by atoms with E-state index in [4.69, 9.17) is 0 Å². The molecule has 0 aliphatic rings. The van der Waals surface area contributed by atoms with Crippen LogP contribution in [0.5, 0.6) is 0 Å². The third-order valence-electron chi connectivity index (χ3n) is 2.99. The van der Waals surface area contributed by atoms with E-state index in [0.717, 1.165) is 38.2 Å². The van der Waals surface area contributed by atoms with E-state index in [2.05, 4.69) is 35.9 Å². The van der Waals surface area contributed by atoms with Crippen LogP contribution in [0.3, 0.4) is 0 Å². The Labute approximate surface area is 110 Å². The van der Waals surface area contributed by atoms with Crippen LogP contribution in [0, 0.1) is 0 Å². The van der Waals surface area contributed by atoms with Gasteiger partial charge in [0.25, 0.3) is 0 Å². The van der Waals surface area contributed by atoms with E-state index >= 15 is 0 Å². The van der Waals surface area contributed by atoms with E-state index in [9.17, 15) is 4.79 Å². The van der Waals surface area contributed by atoms with Crippen molar-refractivity contribution in [1.29, 1.82) is 0 Å². The van der Waals surface area contributed by atoms with Gasteiger partial charge in [-0.3, -0.25) is 0 Å². The average molecular weight is 248 g/mol. The molecule has 0 aromatic carbocycles. The molecule has 0 unspecified atom stereocenters. The fourth-order valence-electron chi connectivity index (χ4n) is 1.94. The predicted molar refractivity (Wildman–Crippen MR) is 76.0 cm³/mol. The van der Waals surface area contributed by atoms with Crippen LogP contribution in [0.2, 0.25) is 0 Å². The monoisotopic (exact) mass is 248 g/mol.